The molecule has 1 fully saturated rings. The van der Waals surface area contributed by atoms with E-state index >= 15 is 0 Å². The maximum atomic E-state index is 9.83. The van der Waals surface area contributed by atoms with Crippen molar-refractivity contribution in [1.29, 1.82) is 0 Å². The van der Waals surface area contributed by atoms with Gasteiger partial charge in [-0.3, -0.25) is 0 Å². The lowest BCUT2D eigenvalue weighted by molar-refractivity contribution is -0.0942. The quantitative estimate of drug-likeness (QED) is 0.166. The van der Waals surface area contributed by atoms with Gasteiger partial charge >= 0.3 is 0 Å². The van der Waals surface area contributed by atoms with Crippen LogP contribution in [0.15, 0.2) is 12.2 Å². The zero-order chi connectivity index (χ0) is 22.6. The lowest BCUT2D eigenvalue weighted by Crippen LogP contribution is -2.42. The van der Waals surface area contributed by atoms with Gasteiger partial charge in [-0.25, -0.2) is 0 Å². The fourth-order valence-electron chi connectivity index (χ4n) is 4.20. The molecule has 0 aromatic heterocycles. The first-order valence-corrected chi connectivity index (χ1v) is 13.1. The molecule has 1 heterocycles. The third kappa shape index (κ3) is 14.3. The van der Waals surface area contributed by atoms with E-state index in [2.05, 4.69) is 13.0 Å². The number of unbranched alkanes of at least 4 members (excludes halogenated alkanes) is 15. The Kier molecular flexibility index (Phi) is 18.6. The van der Waals surface area contributed by atoms with E-state index in [9.17, 15) is 15.3 Å². The van der Waals surface area contributed by atoms with Crippen molar-refractivity contribution in [3.63, 3.8) is 0 Å². The summed E-state index contributed by atoms with van der Waals surface area (Å²) in [5, 5.41) is 28.8. The molecule has 184 valence electrons. The Balaban J connectivity index is 1.83. The summed E-state index contributed by atoms with van der Waals surface area (Å²) >= 11 is 0. The van der Waals surface area contributed by atoms with Crippen LogP contribution in [0.2, 0.25) is 0 Å². The fraction of sp³-hybridized carbons (Fsp3) is 0.923. The third-order valence-electron chi connectivity index (χ3n) is 6.28. The highest BCUT2D eigenvalue weighted by atomic mass is 16.6. The zero-order valence-electron chi connectivity index (χ0n) is 20.1. The largest absolute Gasteiger partial charge is 0.394 e. The lowest BCUT2D eigenvalue weighted by atomic mass is 10.0. The molecule has 0 amide bonds. The third-order valence-corrected chi connectivity index (χ3v) is 6.28. The summed E-state index contributed by atoms with van der Waals surface area (Å²) in [5.74, 6) is 0. The van der Waals surface area contributed by atoms with Crippen LogP contribution in [0.3, 0.4) is 0 Å². The second kappa shape index (κ2) is 20.2. The summed E-state index contributed by atoms with van der Waals surface area (Å²) in [6.07, 6.45) is 22.6. The highest BCUT2D eigenvalue weighted by Gasteiger charge is 2.40. The summed E-state index contributed by atoms with van der Waals surface area (Å²) in [4.78, 5) is 0. The van der Waals surface area contributed by atoms with Crippen LogP contribution in [0.1, 0.15) is 110 Å². The Morgan fingerprint density at radius 3 is 1.77 bits per heavy atom. The molecule has 4 atom stereocenters. The molecule has 0 saturated carbocycles. The number of ether oxygens (including phenoxy) is 2. The van der Waals surface area contributed by atoms with Gasteiger partial charge in [-0.15, -0.1) is 0 Å². The summed E-state index contributed by atoms with van der Waals surface area (Å²) in [6.45, 7) is 2.51. The minimum atomic E-state index is -0.999. The summed E-state index contributed by atoms with van der Waals surface area (Å²) in [6, 6.07) is 0. The van der Waals surface area contributed by atoms with Crippen LogP contribution >= 0.6 is 0 Å². The predicted octanol–water partition coefficient (Wildman–Crippen LogP) is 5.30. The monoisotopic (exact) mass is 442 g/mol. The highest BCUT2D eigenvalue weighted by molar-refractivity contribution is 4.89. The van der Waals surface area contributed by atoms with Gasteiger partial charge in [-0.05, 0) is 12.8 Å². The van der Waals surface area contributed by atoms with Crippen LogP contribution < -0.4 is 0 Å². The van der Waals surface area contributed by atoms with Crippen LogP contribution in [-0.2, 0) is 9.47 Å². The molecule has 1 aliphatic heterocycles. The van der Waals surface area contributed by atoms with Crippen molar-refractivity contribution in [3.8, 4) is 0 Å². The molecular weight excluding hydrogens is 392 g/mol. The van der Waals surface area contributed by atoms with Crippen molar-refractivity contribution < 1.29 is 24.8 Å². The summed E-state index contributed by atoms with van der Waals surface area (Å²) < 4.78 is 10.9. The molecule has 31 heavy (non-hydrogen) atoms. The van der Waals surface area contributed by atoms with Crippen molar-refractivity contribution in [1.82, 2.24) is 0 Å². The second-order valence-corrected chi connectivity index (χ2v) is 9.12. The second-order valence-electron chi connectivity index (χ2n) is 9.12. The number of hydrogen-bond donors (Lipinski definition) is 3. The minimum Gasteiger partial charge on any atom is -0.394 e. The average Bonchev–Trinajstić information content (AvgIpc) is 3.11. The van der Waals surface area contributed by atoms with E-state index in [1.54, 1.807) is 0 Å². The van der Waals surface area contributed by atoms with Crippen LogP contribution in [0, 0.1) is 0 Å². The van der Waals surface area contributed by atoms with Crippen molar-refractivity contribution in [2.24, 2.45) is 0 Å². The zero-order valence-corrected chi connectivity index (χ0v) is 20.1. The maximum Gasteiger partial charge on any atom is 0.114 e. The number of allylic oxidation sites excluding steroid dienone is 1. The first-order chi connectivity index (χ1) is 15.2. The highest BCUT2D eigenvalue weighted by Crippen LogP contribution is 2.19. The standard InChI is InChI=1S/C26H50O5/c1-2-3-4-5-6-7-8-9-10-11-12-13-14-15-16-17-18-19-20-30-24(21-27)26-25(29)23(28)22-31-26/h18-19,23-29H,2-17,20-22H2,1H3/b19-18+/t23-,24+,25-,26-/m0/s1. The molecule has 1 saturated heterocycles. The van der Waals surface area contributed by atoms with Gasteiger partial charge in [0.2, 0.25) is 0 Å². The van der Waals surface area contributed by atoms with Gasteiger partial charge in [0.05, 0.1) is 19.8 Å². The number of hydrogen-bond acceptors (Lipinski definition) is 5. The fourth-order valence-corrected chi connectivity index (χ4v) is 4.20. The van der Waals surface area contributed by atoms with E-state index in [0.717, 1.165) is 6.42 Å². The van der Waals surface area contributed by atoms with Gasteiger partial charge < -0.3 is 24.8 Å². The van der Waals surface area contributed by atoms with Crippen LogP contribution in [0.4, 0.5) is 0 Å². The summed E-state index contributed by atoms with van der Waals surface area (Å²) in [7, 11) is 0. The van der Waals surface area contributed by atoms with E-state index in [-0.39, 0.29) is 13.2 Å². The molecule has 1 rings (SSSR count). The van der Waals surface area contributed by atoms with E-state index in [4.69, 9.17) is 9.47 Å². The first-order valence-electron chi connectivity index (χ1n) is 13.1. The predicted molar refractivity (Wildman–Crippen MR) is 127 cm³/mol. The lowest BCUT2D eigenvalue weighted by Gasteiger charge is -2.23. The molecule has 0 unspecified atom stereocenters. The summed E-state index contributed by atoms with van der Waals surface area (Å²) in [5.41, 5.74) is 0. The molecule has 0 aromatic rings. The molecule has 0 radical (unpaired) electrons. The van der Waals surface area contributed by atoms with Crippen molar-refractivity contribution in [3.05, 3.63) is 12.2 Å². The molecule has 0 aliphatic carbocycles. The minimum absolute atomic E-state index is 0.0841. The normalized spacial score (nSPS) is 22.5. The Bertz CT molecular complexity index is 415. The Morgan fingerprint density at radius 1 is 0.806 bits per heavy atom. The molecule has 0 spiro atoms. The molecular formula is C26H50O5. The molecule has 1 aliphatic rings. The van der Waals surface area contributed by atoms with Crippen LogP contribution in [0.5, 0.6) is 0 Å². The number of rotatable bonds is 21. The smallest absolute Gasteiger partial charge is 0.114 e. The number of aliphatic hydroxyl groups excluding tert-OH is 3. The van der Waals surface area contributed by atoms with Gasteiger partial charge in [-0.1, -0.05) is 109 Å². The van der Waals surface area contributed by atoms with Gasteiger partial charge in [0.15, 0.2) is 0 Å². The van der Waals surface area contributed by atoms with Gasteiger partial charge in [0, 0.05) is 0 Å². The SMILES string of the molecule is CCCCCCCCCCCCCCCCC/C=C/CO[C@H](CO)[C@@H]1OC[C@H](O)[C@@H]1O. The van der Waals surface area contributed by atoms with Gasteiger partial charge in [0.25, 0.3) is 0 Å². The molecule has 5 heteroatoms. The Hall–Kier alpha value is -0.460. The number of aliphatic hydroxyl groups is 3. The van der Waals surface area contributed by atoms with E-state index in [1.807, 2.05) is 6.08 Å². The maximum absolute atomic E-state index is 9.83. The average molecular weight is 443 g/mol. The Labute approximate surface area is 191 Å². The molecule has 0 bridgehead atoms. The molecule has 3 N–H and O–H groups in total. The van der Waals surface area contributed by atoms with Gasteiger partial charge in [-0.2, -0.15) is 0 Å². The Morgan fingerprint density at radius 2 is 1.32 bits per heavy atom. The molecule has 5 nitrogen and oxygen atoms in total. The van der Waals surface area contributed by atoms with Gasteiger partial charge in [0.1, 0.15) is 24.4 Å². The van der Waals surface area contributed by atoms with Crippen molar-refractivity contribution in [2.75, 3.05) is 19.8 Å². The van der Waals surface area contributed by atoms with E-state index < -0.39 is 24.4 Å². The van der Waals surface area contributed by atoms with E-state index in [1.165, 1.54) is 96.3 Å². The van der Waals surface area contributed by atoms with Crippen LogP contribution in [0.25, 0.3) is 0 Å². The topological polar surface area (TPSA) is 79.2 Å². The van der Waals surface area contributed by atoms with E-state index in [0.29, 0.717) is 6.61 Å². The van der Waals surface area contributed by atoms with Crippen LogP contribution in [-0.4, -0.2) is 59.6 Å². The first kappa shape index (κ1) is 28.6. The van der Waals surface area contributed by atoms with Crippen molar-refractivity contribution >= 4 is 0 Å². The molecule has 0 aromatic carbocycles. The van der Waals surface area contributed by atoms with Crippen molar-refractivity contribution in [2.45, 2.75) is 134 Å².